The fraction of sp³-hybridized carbons (Fsp3) is 0.476. The van der Waals surface area contributed by atoms with Gasteiger partial charge in [0.05, 0.1) is 36.9 Å². The minimum Gasteiger partial charge on any atom is -0.506 e. The predicted octanol–water partition coefficient (Wildman–Crippen LogP) is 1.10. The van der Waals surface area contributed by atoms with Gasteiger partial charge in [-0.05, 0) is 43.9 Å². The van der Waals surface area contributed by atoms with Gasteiger partial charge in [0.15, 0.2) is 11.2 Å². The van der Waals surface area contributed by atoms with Gasteiger partial charge in [-0.1, -0.05) is 17.7 Å². The summed E-state index contributed by atoms with van der Waals surface area (Å²) in [6.45, 7) is 1.76. The highest BCUT2D eigenvalue weighted by molar-refractivity contribution is 6.32. The van der Waals surface area contributed by atoms with Crippen molar-refractivity contribution in [2.75, 3.05) is 11.9 Å². The van der Waals surface area contributed by atoms with E-state index in [1.807, 2.05) is 0 Å². The Morgan fingerprint density at radius 3 is 2.62 bits per heavy atom. The molecule has 32 heavy (non-hydrogen) atoms. The van der Waals surface area contributed by atoms with Crippen LogP contribution in [-0.2, 0) is 19.6 Å². The Hall–Kier alpha value is -2.82. The van der Waals surface area contributed by atoms with Crippen molar-refractivity contribution in [1.29, 1.82) is 0 Å². The quantitative estimate of drug-likeness (QED) is 0.412. The summed E-state index contributed by atoms with van der Waals surface area (Å²) in [6, 6.07) is 4.51. The molecule has 2 aromatic heterocycles. The average Bonchev–Trinajstić information content (AvgIpc) is 3.32. The van der Waals surface area contributed by atoms with Gasteiger partial charge in [-0.15, -0.1) is 0 Å². The Morgan fingerprint density at radius 2 is 2.00 bits per heavy atom. The Labute approximate surface area is 188 Å². The third-order valence-corrected chi connectivity index (χ3v) is 6.20. The molecule has 172 valence electrons. The van der Waals surface area contributed by atoms with Gasteiger partial charge in [0.25, 0.3) is 5.56 Å². The third-order valence-electron chi connectivity index (χ3n) is 5.90. The Kier molecular flexibility index (Phi) is 6.27. The molecule has 1 saturated carbocycles. The van der Waals surface area contributed by atoms with Crippen LogP contribution in [0.15, 0.2) is 27.8 Å². The van der Waals surface area contributed by atoms with Crippen LogP contribution in [0.2, 0.25) is 5.02 Å². The normalized spacial score (nSPS) is 18.5. The number of phenolic OH excluding ortho intramolecular Hbond substituents is 1. The van der Waals surface area contributed by atoms with Crippen LogP contribution in [0, 0.1) is 0 Å². The van der Waals surface area contributed by atoms with Crippen LogP contribution in [0.25, 0.3) is 11.2 Å². The molecular formula is C21H26ClN5O5. The number of aliphatic hydroxyl groups is 2. The number of hydrogen-bond donors (Lipinski definition) is 4. The molecule has 1 aliphatic carbocycles. The van der Waals surface area contributed by atoms with Crippen LogP contribution < -0.4 is 16.6 Å². The maximum Gasteiger partial charge on any atom is 0.332 e. The molecule has 10 nitrogen and oxygen atoms in total. The van der Waals surface area contributed by atoms with E-state index >= 15 is 0 Å². The second kappa shape index (κ2) is 8.97. The lowest BCUT2D eigenvalue weighted by molar-refractivity contribution is 0.171. The first kappa shape index (κ1) is 22.4. The summed E-state index contributed by atoms with van der Waals surface area (Å²) >= 11 is 6.07. The van der Waals surface area contributed by atoms with Crippen molar-refractivity contribution in [3.05, 3.63) is 49.6 Å². The van der Waals surface area contributed by atoms with E-state index in [1.165, 1.54) is 10.6 Å². The van der Waals surface area contributed by atoms with Crippen LogP contribution in [0.3, 0.4) is 0 Å². The van der Waals surface area contributed by atoms with Crippen molar-refractivity contribution in [3.63, 3.8) is 0 Å². The van der Waals surface area contributed by atoms with Crippen LogP contribution in [0.4, 0.5) is 5.95 Å². The summed E-state index contributed by atoms with van der Waals surface area (Å²) < 4.78 is 4.05. The maximum absolute atomic E-state index is 13.3. The number of benzene rings is 1. The van der Waals surface area contributed by atoms with Gasteiger partial charge >= 0.3 is 5.69 Å². The summed E-state index contributed by atoms with van der Waals surface area (Å²) in [7, 11) is 0. The number of aromatic hydroxyl groups is 1. The number of anilines is 1. The molecule has 1 fully saturated rings. The largest absolute Gasteiger partial charge is 0.506 e. The Bertz CT molecular complexity index is 1260. The first-order valence-electron chi connectivity index (χ1n) is 10.6. The third kappa shape index (κ3) is 3.89. The standard InChI is InChI=1S/C21H26ClN5O5/c1-2-25-19(31)17-18(26(8-9-28)21(25)32)24-20(23-14-4-3-5-16(14)30)27(17)11-12-6-7-15(29)13(22)10-12/h6-7,10,14,16,28-30H,2-5,8-9,11H2,1H3,(H,23,24). The smallest absolute Gasteiger partial charge is 0.332 e. The van der Waals surface area contributed by atoms with Crippen molar-refractivity contribution >= 4 is 28.7 Å². The second-order valence-corrected chi connectivity index (χ2v) is 8.34. The summed E-state index contributed by atoms with van der Waals surface area (Å²) in [4.78, 5) is 30.7. The number of rotatable bonds is 7. The molecule has 0 radical (unpaired) electrons. The zero-order valence-corrected chi connectivity index (χ0v) is 18.4. The summed E-state index contributed by atoms with van der Waals surface area (Å²) in [5, 5.41) is 33.0. The van der Waals surface area contributed by atoms with E-state index in [9.17, 15) is 24.9 Å². The van der Waals surface area contributed by atoms with Crippen molar-refractivity contribution in [3.8, 4) is 5.75 Å². The van der Waals surface area contributed by atoms with Crippen molar-refractivity contribution < 1.29 is 15.3 Å². The number of hydrogen-bond acceptors (Lipinski definition) is 7. The van der Waals surface area contributed by atoms with E-state index < -0.39 is 17.4 Å². The number of aromatic nitrogens is 4. The summed E-state index contributed by atoms with van der Waals surface area (Å²) in [5.74, 6) is 0.288. The molecule has 0 spiro atoms. The molecule has 0 amide bonds. The van der Waals surface area contributed by atoms with Crippen molar-refractivity contribution in [1.82, 2.24) is 18.7 Å². The molecule has 0 aliphatic heterocycles. The minimum atomic E-state index is -0.543. The highest BCUT2D eigenvalue weighted by atomic mass is 35.5. The van der Waals surface area contributed by atoms with Gasteiger partial charge in [-0.25, -0.2) is 4.79 Å². The van der Waals surface area contributed by atoms with E-state index in [2.05, 4.69) is 10.3 Å². The average molecular weight is 464 g/mol. The van der Waals surface area contributed by atoms with E-state index in [1.54, 1.807) is 23.6 Å². The van der Waals surface area contributed by atoms with Gasteiger partial charge in [-0.3, -0.25) is 18.5 Å². The van der Waals surface area contributed by atoms with Crippen LogP contribution in [-0.4, -0.2) is 52.8 Å². The van der Waals surface area contributed by atoms with Crippen molar-refractivity contribution in [2.24, 2.45) is 0 Å². The molecule has 4 rings (SSSR count). The highest BCUT2D eigenvalue weighted by Gasteiger charge is 2.28. The van der Waals surface area contributed by atoms with Crippen LogP contribution >= 0.6 is 11.6 Å². The monoisotopic (exact) mass is 463 g/mol. The van der Waals surface area contributed by atoms with Gasteiger partial charge in [0.1, 0.15) is 5.75 Å². The lowest BCUT2D eigenvalue weighted by Crippen LogP contribution is -2.40. The molecular weight excluding hydrogens is 438 g/mol. The Balaban J connectivity index is 1.95. The van der Waals surface area contributed by atoms with Gasteiger partial charge in [0.2, 0.25) is 5.95 Å². The van der Waals surface area contributed by atoms with Crippen molar-refractivity contribution in [2.45, 2.75) is 58.0 Å². The molecule has 11 heteroatoms. The van der Waals surface area contributed by atoms with E-state index in [4.69, 9.17) is 11.6 Å². The molecule has 1 aliphatic rings. The SMILES string of the molecule is CCn1c(=O)c2c(nc(NC3CCCC3O)n2Cc2ccc(O)c(Cl)c2)n(CCO)c1=O. The lowest BCUT2D eigenvalue weighted by atomic mass is 10.2. The number of fused-ring (bicyclic) bond motifs is 1. The molecule has 0 bridgehead atoms. The molecule has 3 aromatic rings. The predicted molar refractivity (Wildman–Crippen MR) is 121 cm³/mol. The van der Waals surface area contributed by atoms with Gasteiger partial charge < -0.3 is 20.6 Å². The number of phenols is 1. The number of aliphatic hydroxyl groups excluding tert-OH is 2. The number of nitrogens with one attached hydrogen (secondary N) is 1. The molecule has 4 N–H and O–H groups in total. The van der Waals surface area contributed by atoms with E-state index in [-0.39, 0.29) is 54.2 Å². The molecule has 2 unspecified atom stereocenters. The number of nitrogens with zero attached hydrogens (tertiary/aromatic N) is 4. The van der Waals surface area contributed by atoms with Crippen LogP contribution in [0.1, 0.15) is 31.7 Å². The van der Waals surface area contributed by atoms with E-state index in [0.717, 1.165) is 17.4 Å². The molecule has 2 heterocycles. The topological polar surface area (TPSA) is 135 Å². The highest BCUT2D eigenvalue weighted by Crippen LogP contribution is 2.27. The fourth-order valence-corrected chi connectivity index (χ4v) is 4.44. The lowest BCUT2D eigenvalue weighted by Gasteiger charge is -2.18. The fourth-order valence-electron chi connectivity index (χ4n) is 4.24. The zero-order valence-electron chi connectivity index (χ0n) is 17.7. The summed E-state index contributed by atoms with van der Waals surface area (Å²) in [6.07, 6.45) is 1.74. The molecule has 2 atom stereocenters. The van der Waals surface area contributed by atoms with Gasteiger partial charge in [-0.2, -0.15) is 4.98 Å². The number of imidazole rings is 1. The first-order valence-corrected chi connectivity index (χ1v) is 11.0. The molecule has 1 aromatic carbocycles. The van der Waals surface area contributed by atoms with Gasteiger partial charge in [0, 0.05) is 6.54 Å². The summed E-state index contributed by atoms with van der Waals surface area (Å²) in [5.41, 5.74) is 0.0603. The number of halogens is 1. The van der Waals surface area contributed by atoms with Crippen LogP contribution in [0.5, 0.6) is 5.75 Å². The first-order chi connectivity index (χ1) is 15.3. The van der Waals surface area contributed by atoms with E-state index in [0.29, 0.717) is 17.9 Å². The Morgan fingerprint density at radius 1 is 1.22 bits per heavy atom. The minimum absolute atomic E-state index is 0.0108. The zero-order chi connectivity index (χ0) is 23.0. The molecule has 0 saturated heterocycles. The second-order valence-electron chi connectivity index (χ2n) is 7.94. The maximum atomic E-state index is 13.3.